The van der Waals surface area contributed by atoms with Crippen LogP contribution in [0.5, 0.6) is 0 Å². The Morgan fingerprint density at radius 3 is 2.46 bits per heavy atom. The van der Waals surface area contributed by atoms with Crippen LogP contribution in [0.1, 0.15) is 11.1 Å². The summed E-state index contributed by atoms with van der Waals surface area (Å²) in [6, 6.07) is 13.7. The minimum absolute atomic E-state index is 0.0556. The van der Waals surface area contributed by atoms with Gasteiger partial charge in [-0.3, -0.25) is 14.6 Å². The van der Waals surface area contributed by atoms with E-state index in [1.807, 2.05) is 54.6 Å². The lowest BCUT2D eigenvalue weighted by Gasteiger charge is -2.34. The molecule has 4 rings (SSSR count). The maximum atomic E-state index is 13.4. The smallest absolute Gasteiger partial charge is 0.245 e. The minimum atomic E-state index is 0.0556. The number of fused-ring (bicyclic) bond motifs is 2. The first kappa shape index (κ1) is 17.3. The predicted molar refractivity (Wildman–Crippen MR) is 108 cm³/mol. The number of para-hydroxylation sites is 2. The van der Waals surface area contributed by atoms with Gasteiger partial charge in [-0.2, -0.15) is 0 Å². The van der Waals surface area contributed by atoms with Crippen molar-refractivity contribution in [3.63, 3.8) is 0 Å². The van der Waals surface area contributed by atoms with Gasteiger partial charge in [-0.05, 0) is 24.7 Å². The van der Waals surface area contributed by atoms with E-state index in [9.17, 15) is 4.79 Å². The van der Waals surface area contributed by atoms with Gasteiger partial charge >= 0.3 is 0 Å². The van der Waals surface area contributed by atoms with Crippen molar-refractivity contribution in [3.8, 4) is 0 Å². The molecule has 0 spiro atoms. The number of hydrogen-bond donors (Lipinski definition) is 0. The van der Waals surface area contributed by atoms with E-state index < -0.39 is 0 Å². The van der Waals surface area contributed by atoms with Gasteiger partial charge in [-0.25, -0.2) is 0 Å². The highest BCUT2D eigenvalue weighted by atomic mass is 35.5. The van der Waals surface area contributed by atoms with Crippen molar-refractivity contribution in [1.82, 2.24) is 9.80 Å². The van der Waals surface area contributed by atoms with E-state index in [0.717, 1.165) is 48.7 Å². The lowest BCUT2D eigenvalue weighted by atomic mass is 10.1. The van der Waals surface area contributed by atoms with Crippen LogP contribution in [0, 0.1) is 0 Å². The summed E-state index contributed by atoms with van der Waals surface area (Å²) in [4.78, 5) is 19.7. The zero-order chi connectivity index (χ0) is 18.1. The molecule has 0 N–H and O–H groups in total. The number of piperazine rings is 1. The van der Waals surface area contributed by atoms with Crippen LogP contribution < -0.4 is 4.90 Å². The highest BCUT2D eigenvalue weighted by Crippen LogP contribution is 2.40. The number of halogens is 1. The van der Waals surface area contributed by atoms with Gasteiger partial charge in [0.25, 0.3) is 0 Å². The first-order valence-electron chi connectivity index (χ1n) is 8.93. The fourth-order valence-electron chi connectivity index (χ4n) is 3.56. The van der Waals surface area contributed by atoms with Gasteiger partial charge in [-0.1, -0.05) is 54.1 Å². The molecule has 0 aromatic heterocycles. The normalized spacial score (nSPS) is 17.5. The quantitative estimate of drug-likeness (QED) is 0.809. The van der Waals surface area contributed by atoms with E-state index in [4.69, 9.17) is 11.6 Å². The van der Waals surface area contributed by atoms with Crippen LogP contribution in [0.2, 0.25) is 5.02 Å². The van der Waals surface area contributed by atoms with Crippen molar-refractivity contribution in [2.45, 2.75) is 0 Å². The summed E-state index contributed by atoms with van der Waals surface area (Å²) in [5.41, 5.74) is 3.64. The Morgan fingerprint density at radius 2 is 1.65 bits per heavy atom. The molecule has 2 heterocycles. The van der Waals surface area contributed by atoms with E-state index >= 15 is 0 Å². The molecule has 2 aromatic rings. The zero-order valence-electron chi connectivity index (χ0n) is 14.9. The third kappa shape index (κ3) is 3.28. The summed E-state index contributed by atoms with van der Waals surface area (Å²) >= 11 is 6.53. The summed E-state index contributed by atoms with van der Waals surface area (Å²) in [5, 5.41) is 0.593. The zero-order valence-corrected chi connectivity index (χ0v) is 15.6. The topological polar surface area (TPSA) is 26.8 Å². The van der Waals surface area contributed by atoms with Gasteiger partial charge in [0.15, 0.2) is 0 Å². The van der Waals surface area contributed by atoms with Crippen LogP contribution in [-0.4, -0.2) is 55.5 Å². The molecule has 2 aromatic carbocycles. The Kier molecular flexibility index (Phi) is 4.81. The van der Waals surface area contributed by atoms with E-state index in [0.29, 0.717) is 11.6 Å². The summed E-state index contributed by atoms with van der Waals surface area (Å²) in [7, 11) is 2.12. The monoisotopic (exact) mass is 367 g/mol. The summed E-state index contributed by atoms with van der Waals surface area (Å²) in [6.45, 7) is 4.19. The number of anilines is 2. The molecule has 0 radical (unpaired) electrons. The van der Waals surface area contributed by atoms with Crippen LogP contribution >= 0.6 is 11.6 Å². The average molecular weight is 368 g/mol. The molecule has 1 fully saturated rings. The molecule has 2 aliphatic heterocycles. The van der Waals surface area contributed by atoms with Crippen LogP contribution in [0.4, 0.5) is 11.4 Å². The Labute approximate surface area is 159 Å². The van der Waals surface area contributed by atoms with Crippen molar-refractivity contribution in [2.75, 3.05) is 44.7 Å². The molecule has 0 bridgehead atoms. The van der Waals surface area contributed by atoms with E-state index in [2.05, 4.69) is 16.8 Å². The number of carbonyl (C=O) groups is 1. The second-order valence-electron chi connectivity index (χ2n) is 6.88. The van der Waals surface area contributed by atoms with Gasteiger partial charge in [0.05, 0.1) is 22.9 Å². The number of rotatable bonds is 2. The molecule has 0 atom stereocenters. The van der Waals surface area contributed by atoms with Crippen molar-refractivity contribution in [2.24, 2.45) is 0 Å². The van der Waals surface area contributed by atoms with Gasteiger partial charge in [0, 0.05) is 31.7 Å². The molecule has 2 aliphatic rings. The first-order chi connectivity index (χ1) is 12.6. The van der Waals surface area contributed by atoms with Crippen LogP contribution in [0.25, 0.3) is 12.2 Å². The van der Waals surface area contributed by atoms with E-state index in [1.165, 1.54) is 0 Å². The maximum absolute atomic E-state index is 13.4. The van der Waals surface area contributed by atoms with Crippen molar-refractivity contribution < 1.29 is 4.79 Å². The molecule has 1 amide bonds. The highest BCUT2D eigenvalue weighted by Gasteiger charge is 2.28. The van der Waals surface area contributed by atoms with Crippen LogP contribution in [-0.2, 0) is 4.79 Å². The largest absolute Gasteiger partial charge is 0.304 e. The summed E-state index contributed by atoms with van der Waals surface area (Å²) < 4.78 is 0. The molecular weight excluding hydrogens is 346 g/mol. The van der Waals surface area contributed by atoms with Crippen molar-refractivity contribution in [3.05, 3.63) is 58.6 Å². The SMILES string of the molecule is CN1CCN(CC(=O)N2c3ccccc3C=Cc3cccc(Cl)c32)CC1. The van der Waals surface area contributed by atoms with Crippen molar-refractivity contribution in [1.29, 1.82) is 0 Å². The molecule has 0 saturated carbocycles. The molecule has 5 heteroatoms. The predicted octanol–water partition coefficient (Wildman–Crippen LogP) is 3.74. The molecule has 26 heavy (non-hydrogen) atoms. The number of amides is 1. The van der Waals surface area contributed by atoms with Crippen LogP contribution in [0.15, 0.2) is 42.5 Å². The van der Waals surface area contributed by atoms with Gasteiger partial charge in [0.2, 0.25) is 5.91 Å². The molecule has 0 aliphatic carbocycles. The molecule has 4 nitrogen and oxygen atoms in total. The number of likely N-dealkylation sites (N-methyl/N-ethyl adjacent to an activating group) is 1. The third-order valence-corrected chi connectivity index (χ3v) is 5.37. The fraction of sp³-hybridized carbons (Fsp3) is 0.286. The number of carbonyl (C=O) groups excluding carboxylic acids is 1. The number of nitrogens with zero attached hydrogens (tertiary/aromatic N) is 3. The third-order valence-electron chi connectivity index (χ3n) is 5.07. The van der Waals surface area contributed by atoms with Crippen molar-refractivity contribution >= 4 is 41.0 Å². The Morgan fingerprint density at radius 1 is 0.962 bits per heavy atom. The first-order valence-corrected chi connectivity index (χ1v) is 9.31. The lowest BCUT2D eigenvalue weighted by molar-refractivity contribution is -0.119. The number of hydrogen-bond acceptors (Lipinski definition) is 3. The minimum Gasteiger partial charge on any atom is -0.304 e. The lowest BCUT2D eigenvalue weighted by Crippen LogP contribution is -2.48. The highest BCUT2D eigenvalue weighted by molar-refractivity contribution is 6.35. The molecule has 1 saturated heterocycles. The molecule has 0 unspecified atom stereocenters. The van der Waals surface area contributed by atoms with Crippen LogP contribution in [0.3, 0.4) is 0 Å². The Hall–Kier alpha value is -2.14. The summed E-state index contributed by atoms with van der Waals surface area (Å²) in [6.07, 6.45) is 4.08. The maximum Gasteiger partial charge on any atom is 0.245 e. The Bertz CT molecular complexity index is 856. The molecular formula is C21H22ClN3O. The second kappa shape index (κ2) is 7.23. The van der Waals surface area contributed by atoms with Gasteiger partial charge in [0.1, 0.15) is 0 Å². The van der Waals surface area contributed by atoms with E-state index in [-0.39, 0.29) is 5.91 Å². The fourth-order valence-corrected chi connectivity index (χ4v) is 3.83. The van der Waals surface area contributed by atoms with E-state index in [1.54, 1.807) is 4.90 Å². The molecule has 134 valence electrons. The van der Waals surface area contributed by atoms with Gasteiger partial charge < -0.3 is 4.90 Å². The summed E-state index contributed by atoms with van der Waals surface area (Å²) in [5.74, 6) is 0.0556. The standard InChI is InChI=1S/C21H22ClN3O/c1-23-11-13-24(14-12-23)15-20(26)25-19-8-3-2-5-16(19)9-10-17-6-4-7-18(22)21(17)25/h2-10H,11-15H2,1H3. The number of benzene rings is 2. The Balaban J connectivity index is 1.72. The average Bonchev–Trinajstić information content (AvgIpc) is 2.81. The second-order valence-corrected chi connectivity index (χ2v) is 7.29. The van der Waals surface area contributed by atoms with Gasteiger partial charge in [-0.15, -0.1) is 0 Å².